The largest absolute Gasteiger partial charge is 0.390 e. The molecule has 3 fully saturated rings. The molecule has 2 aromatic carbocycles. The molecule has 4 amide bonds. The van der Waals surface area contributed by atoms with Crippen molar-refractivity contribution in [2.75, 3.05) is 19.6 Å². The Kier molecular flexibility index (Phi) is 10.1. The van der Waals surface area contributed by atoms with Crippen LogP contribution < -0.4 is 16.0 Å². The molecule has 4 N–H and O–H groups in total. The van der Waals surface area contributed by atoms with Crippen molar-refractivity contribution in [3.63, 3.8) is 0 Å². The van der Waals surface area contributed by atoms with Crippen molar-refractivity contribution in [3.05, 3.63) is 71.8 Å². The average Bonchev–Trinajstić information content (AvgIpc) is 3.45. The lowest BCUT2D eigenvalue weighted by molar-refractivity contribution is -0.141. The zero-order chi connectivity index (χ0) is 30.3. The van der Waals surface area contributed by atoms with Crippen LogP contribution >= 0.6 is 0 Å². The van der Waals surface area contributed by atoms with E-state index in [2.05, 4.69) is 16.0 Å². The molecule has 6 atom stereocenters. The van der Waals surface area contributed by atoms with E-state index in [-0.39, 0.29) is 60.8 Å². The fraction of sp³-hybridized carbons (Fsp3) is 0.515. The molecule has 3 aliphatic heterocycles. The third kappa shape index (κ3) is 8.00. The molecule has 2 bridgehead atoms. The van der Waals surface area contributed by atoms with Crippen molar-refractivity contribution < 1.29 is 24.3 Å². The zero-order valence-corrected chi connectivity index (χ0v) is 24.8. The van der Waals surface area contributed by atoms with Gasteiger partial charge in [-0.05, 0) is 42.7 Å². The summed E-state index contributed by atoms with van der Waals surface area (Å²) < 4.78 is 0. The van der Waals surface area contributed by atoms with Gasteiger partial charge in [-0.15, -0.1) is 0 Å². The summed E-state index contributed by atoms with van der Waals surface area (Å²) in [5.41, 5.74) is 2.13. The molecular formula is C33H43N5O5. The lowest BCUT2D eigenvalue weighted by atomic mass is 9.80. The molecule has 43 heavy (non-hydrogen) atoms. The summed E-state index contributed by atoms with van der Waals surface area (Å²) in [6.45, 7) is 3.93. The third-order valence-corrected chi connectivity index (χ3v) is 9.15. The second-order valence-electron chi connectivity index (χ2n) is 12.2. The smallest absolute Gasteiger partial charge is 0.243 e. The predicted molar refractivity (Wildman–Crippen MR) is 161 cm³/mol. The first-order valence-electron chi connectivity index (χ1n) is 15.4. The van der Waals surface area contributed by atoms with Crippen LogP contribution in [0, 0.1) is 11.8 Å². The summed E-state index contributed by atoms with van der Waals surface area (Å²) in [5, 5.41) is 20.1. The van der Waals surface area contributed by atoms with Crippen molar-refractivity contribution in [1.29, 1.82) is 0 Å². The maximum Gasteiger partial charge on any atom is 0.243 e. The van der Waals surface area contributed by atoms with Crippen LogP contribution in [0.5, 0.6) is 0 Å². The Morgan fingerprint density at radius 3 is 2.30 bits per heavy atom. The highest BCUT2D eigenvalue weighted by atomic mass is 16.3. The number of nitrogens with one attached hydrogen (secondary N) is 3. The Bertz CT molecular complexity index is 1270. The van der Waals surface area contributed by atoms with E-state index in [1.165, 1.54) is 0 Å². The molecule has 5 rings (SSSR count). The van der Waals surface area contributed by atoms with Crippen LogP contribution in [0.3, 0.4) is 0 Å². The number of rotatable bonds is 7. The molecule has 230 valence electrons. The van der Waals surface area contributed by atoms with E-state index < -0.39 is 18.2 Å². The number of fused-ring (bicyclic) bond motifs is 3. The third-order valence-electron chi connectivity index (χ3n) is 9.15. The second-order valence-corrected chi connectivity index (χ2v) is 12.2. The SMILES string of the molecule is C[C@@H]1NC(=O)[C@@H]2C[C@H](NCc3ccccc3)CN2C(=O)C[C@H]2CN(CC[C@H]2CC(=O)NCc2ccccc2)C(=O)C[C@@H]1O. The molecule has 0 unspecified atom stereocenters. The maximum absolute atomic E-state index is 13.9. The predicted octanol–water partition coefficient (Wildman–Crippen LogP) is 1.58. The molecule has 2 aromatic rings. The normalized spacial score (nSPS) is 28.3. The fourth-order valence-corrected chi connectivity index (χ4v) is 6.52. The fourth-order valence-electron chi connectivity index (χ4n) is 6.52. The van der Waals surface area contributed by atoms with Gasteiger partial charge in [-0.3, -0.25) is 19.2 Å². The summed E-state index contributed by atoms with van der Waals surface area (Å²) >= 11 is 0. The van der Waals surface area contributed by atoms with Crippen LogP contribution in [0.25, 0.3) is 0 Å². The molecule has 0 radical (unpaired) electrons. The van der Waals surface area contributed by atoms with Gasteiger partial charge in [0.25, 0.3) is 0 Å². The van der Waals surface area contributed by atoms with Crippen LogP contribution in [0.15, 0.2) is 60.7 Å². The minimum atomic E-state index is -1.05. The zero-order valence-electron chi connectivity index (χ0n) is 24.8. The molecule has 3 aliphatic rings. The minimum absolute atomic E-state index is 0.0722. The topological polar surface area (TPSA) is 131 Å². The van der Waals surface area contributed by atoms with Gasteiger partial charge in [0.2, 0.25) is 23.6 Å². The number of hydrogen-bond donors (Lipinski definition) is 4. The second kappa shape index (κ2) is 14.1. The van der Waals surface area contributed by atoms with Crippen molar-refractivity contribution in [2.24, 2.45) is 11.8 Å². The number of benzene rings is 2. The van der Waals surface area contributed by atoms with Crippen LogP contribution in [-0.2, 0) is 32.3 Å². The standard InChI is InChI=1S/C33H43N5O5/c1-22-29(39)17-31(41)37-13-12-25(14-30(40)35-19-24-10-6-3-7-11-24)26(20-37)15-32(42)38-21-27(16-28(38)33(43)36-22)34-18-23-8-4-2-5-9-23/h2-11,22,25-29,34,39H,12-21H2,1H3,(H,35,40)(H,36,43)/t22-,25-,26-,27-,28-,29-/m0/s1. The maximum atomic E-state index is 13.9. The van der Waals surface area contributed by atoms with Gasteiger partial charge in [0.05, 0.1) is 18.6 Å². The van der Waals surface area contributed by atoms with Crippen LogP contribution in [0.4, 0.5) is 0 Å². The van der Waals surface area contributed by atoms with Crippen molar-refractivity contribution in [1.82, 2.24) is 25.8 Å². The highest BCUT2D eigenvalue weighted by molar-refractivity contribution is 5.89. The first-order valence-corrected chi connectivity index (χ1v) is 15.4. The van der Waals surface area contributed by atoms with Crippen LogP contribution in [-0.4, -0.2) is 82.4 Å². The summed E-state index contributed by atoms with van der Waals surface area (Å²) in [5.74, 6) is -1.08. The van der Waals surface area contributed by atoms with Gasteiger partial charge in [-0.2, -0.15) is 0 Å². The molecule has 3 heterocycles. The summed E-state index contributed by atoms with van der Waals surface area (Å²) in [4.78, 5) is 56.8. The van der Waals surface area contributed by atoms with E-state index in [4.69, 9.17) is 0 Å². The van der Waals surface area contributed by atoms with Crippen LogP contribution in [0.1, 0.15) is 50.2 Å². The molecule has 3 saturated heterocycles. The van der Waals surface area contributed by atoms with E-state index >= 15 is 0 Å². The van der Waals surface area contributed by atoms with E-state index in [9.17, 15) is 24.3 Å². The Labute approximate surface area is 253 Å². The number of piperidine rings is 1. The molecule has 0 saturated carbocycles. The number of carbonyl (C=O) groups excluding carboxylic acids is 4. The Balaban J connectivity index is 1.31. The number of aliphatic hydroxyl groups is 1. The van der Waals surface area contributed by atoms with Gasteiger partial charge in [0, 0.05) is 51.6 Å². The van der Waals surface area contributed by atoms with Gasteiger partial charge in [0.15, 0.2) is 0 Å². The first-order chi connectivity index (χ1) is 20.8. The minimum Gasteiger partial charge on any atom is -0.390 e. The van der Waals surface area contributed by atoms with Gasteiger partial charge < -0.3 is 30.9 Å². The van der Waals surface area contributed by atoms with Gasteiger partial charge >= 0.3 is 0 Å². The highest BCUT2D eigenvalue weighted by Gasteiger charge is 2.43. The monoisotopic (exact) mass is 589 g/mol. The highest BCUT2D eigenvalue weighted by Crippen LogP contribution is 2.32. The Morgan fingerprint density at radius 2 is 1.60 bits per heavy atom. The Morgan fingerprint density at radius 1 is 0.930 bits per heavy atom. The molecule has 0 spiro atoms. The van der Waals surface area contributed by atoms with E-state index in [0.29, 0.717) is 45.6 Å². The summed E-state index contributed by atoms with van der Waals surface area (Å²) in [6, 6.07) is 18.3. The van der Waals surface area contributed by atoms with E-state index in [1.807, 2.05) is 60.7 Å². The molecule has 10 heteroatoms. The quantitative estimate of drug-likeness (QED) is 0.388. The number of amides is 4. The Hall–Kier alpha value is -3.76. The number of hydrogen-bond acceptors (Lipinski definition) is 6. The van der Waals surface area contributed by atoms with Crippen LogP contribution in [0.2, 0.25) is 0 Å². The molecule has 10 nitrogen and oxygen atoms in total. The first kappa shape index (κ1) is 30.7. The molecule has 0 aromatic heterocycles. The van der Waals surface area contributed by atoms with Crippen molar-refractivity contribution in [2.45, 2.75) is 76.3 Å². The molecule has 0 aliphatic carbocycles. The van der Waals surface area contributed by atoms with Gasteiger partial charge in [-0.1, -0.05) is 60.7 Å². The number of aliphatic hydroxyl groups excluding tert-OH is 1. The number of nitrogens with zero attached hydrogens (tertiary/aromatic N) is 2. The summed E-state index contributed by atoms with van der Waals surface area (Å²) in [6.07, 6.45) is 0.296. The molecular weight excluding hydrogens is 546 g/mol. The lowest BCUT2D eigenvalue weighted by Crippen LogP contribution is -2.51. The lowest BCUT2D eigenvalue weighted by Gasteiger charge is -2.39. The van der Waals surface area contributed by atoms with Crippen molar-refractivity contribution >= 4 is 23.6 Å². The van der Waals surface area contributed by atoms with Gasteiger partial charge in [0.1, 0.15) is 6.04 Å². The van der Waals surface area contributed by atoms with E-state index in [0.717, 1.165) is 11.1 Å². The van der Waals surface area contributed by atoms with Crippen molar-refractivity contribution in [3.8, 4) is 0 Å². The van der Waals surface area contributed by atoms with Gasteiger partial charge in [-0.25, -0.2) is 0 Å². The number of carbonyl (C=O) groups is 4. The summed E-state index contributed by atoms with van der Waals surface area (Å²) in [7, 11) is 0. The average molecular weight is 590 g/mol. The van der Waals surface area contributed by atoms with E-state index in [1.54, 1.807) is 16.7 Å².